The summed E-state index contributed by atoms with van der Waals surface area (Å²) < 4.78 is 4.96. The van der Waals surface area contributed by atoms with Crippen molar-refractivity contribution in [1.29, 1.82) is 0 Å². The number of carbonyl (C=O) groups is 2. The highest BCUT2D eigenvalue weighted by molar-refractivity contribution is 6.06. The van der Waals surface area contributed by atoms with Gasteiger partial charge in [-0.25, -0.2) is 0 Å². The highest BCUT2D eigenvalue weighted by Crippen LogP contribution is 2.42. The summed E-state index contributed by atoms with van der Waals surface area (Å²) in [7, 11) is 1.36. The highest BCUT2D eigenvalue weighted by Gasteiger charge is 2.52. The minimum atomic E-state index is -1.01. The Balaban J connectivity index is 1.86. The standard InChI is InChI=1S/C21H22O3/c1-15-12-13-21(19(15)22,20(23)24-2)14-16-8-10-18(11-9-16)17-6-4-3-5-7-17/h3-11,15H,12-14H2,1-2H3. The number of carbonyl (C=O) groups excluding carboxylic acids is 2. The molecule has 2 aromatic carbocycles. The van der Waals surface area contributed by atoms with Crippen LogP contribution in [0.15, 0.2) is 54.6 Å². The fourth-order valence-corrected chi connectivity index (χ4v) is 3.63. The van der Waals surface area contributed by atoms with E-state index >= 15 is 0 Å². The minimum Gasteiger partial charge on any atom is -0.468 e. The molecule has 1 fully saturated rings. The van der Waals surface area contributed by atoms with Crippen LogP contribution in [0.5, 0.6) is 0 Å². The van der Waals surface area contributed by atoms with E-state index in [0.717, 1.165) is 23.1 Å². The van der Waals surface area contributed by atoms with Crippen molar-refractivity contribution in [3.63, 3.8) is 0 Å². The van der Waals surface area contributed by atoms with Gasteiger partial charge < -0.3 is 4.74 Å². The van der Waals surface area contributed by atoms with Crippen molar-refractivity contribution >= 4 is 11.8 Å². The van der Waals surface area contributed by atoms with Gasteiger partial charge in [-0.2, -0.15) is 0 Å². The quantitative estimate of drug-likeness (QED) is 0.630. The molecular weight excluding hydrogens is 300 g/mol. The number of ketones is 1. The van der Waals surface area contributed by atoms with Crippen LogP contribution in [0.4, 0.5) is 0 Å². The van der Waals surface area contributed by atoms with Crippen molar-refractivity contribution < 1.29 is 14.3 Å². The lowest BCUT2D eigenvalue weighted by atomic mass is 9.78. The smallest absolute Gasteiger partial charge is 0.319 e. The maximum atomic E-state index is 12.6. The van der Waals surface area contributed by atoms with Crippen molar-refractivity contribution in [1.82, 2.24) is 0 Å². The number of benzene rings is 2. The van der Waals surface area contributed by atoms with Gasteiger partial charge in [-0.05, 0) is 36.0 Å². The molecule has 0 N–H and O–H groups in total. The Morgan fingerprint density at radius 3 is 2.25 bits per heavy atom. The van der Waals surface area contributed by atoms with E-state index in [9.17, 15) is 9.59 Å². The van der Waals surface area contributed by atoms with E-state index in [1.807, 2.05) is 49.4 Å². The molecule has 0 saturated heterocycles. The minimum absolute atomic E-state index is 0.0153. The summed E-state index contributed by atoms with van der Waals surface area (Å²) in [4.78, 5) is 25.0. The molecule has 3 rings (SSSR count). The second kappa shape index (κ2) is 6.60. The molecule has 0 aromatic heterocycles. The molecular formula is C21H22O3. The lowest BCUT2D eigenvalue weighted by Gasteiger charge is -2.25. The van der Waals surface area contributed by atoms with E-state index in [1.165, 1.54) is 7.11 Å². The zero-order chi connectivity index (χ0) is 17.2. The third kappa shape index (κ3) is 2.86. The molecule has 3 nitrogen and oxygen atoms in total. The van der Waals surface area contributed by atoms with E-state index in [0.29, 0.717) is 12.8 Å². The van der Waals surface area contributed by atoms with Crippen molar-refractivity contribution in [3.05, 3.63) is 60.2 Å². The lowest BCUT2D eigenvalue weighted by Crippen LogP contribution is -2.39. The number of hydrogen-bond donors (Lipinski definition) is 0. The van der Waals surface area contributed by atoms with Crippen LogP contribution in [0.2, 0.25) is 0 Å². The Labute approximate surface area is 142 Å². The van der Waals surface area contributed by atoms with Crippen LogP contribution >= 0.6 is 0 Å². The second-order valence-corrected chi connectivity index (χ2v) is 6.62. The first kappa shape index (κ1) is 16.4. The molecule has 2 atom stereocenters. The molecule has 1 aliphatic carbocycles. The van der Waals surface area contributed by atoms with Gasteiger partial charge in [-0.1, -0.05) is 61.5 Å². The van der Waals surface area contributed by atoms with E-state index in [1.54, 1.807) is 0 Å². The number of esters is 1. The van der Waals surface area contributed by atoms with Crippen molar-refractivity contribution in [3.8, 4) is 11.1 Å². The maximum absolute atomic E-state index is 12.6. The summed E-state index contributed by atoms with van der Waals surface area (Å²) in [6.07, 6.45) is 1.73. The average Bonchev–Trinajstić information content (AvgIpc) is 2.92. The topological polar surface area (TPSA) is 43.4 Å². The molecule has 0 aliphatic heterocycles. The van der Waals surface area contributed by atoms with Gasteiger partial charge >= 0.3 is 5.97 Å². The van der Waals surface area contributed by atoms with E-state index in [-0.39, 0.29) is 11.7 Å². The third-order valence-corrected chi connectivity index (χ3v) is 5.07. The second-order valence-electron chi connectivity index (χ2n) is 6.62. The highest BCUT2D eigenvalue weighted by atomic mass is 16.5. The largest absolute Gasteiger partial charge is 0.468 e. The zero-order valence-electron chi connectivity index (χ0n) is 14.1. The predicted octanol–water partition coefficient (Wildman–Crippen LogP) is 4.05. The van der Waals surface area contributed by atoms with Gasteiger partial charge in [0, 0.05) is 5.92 Å². The van der Waals surface area contributed by atoms with Gasteiger partial charge in [0.2, 0.25) is 0 Å². The molecule has 0 heterocycles. The third-order valence-electron chi connectivity index (χ3n) is 5.07. The summed E-state index contributed by atoms with van der Waals surface area (Å²) >= 11 is 0. The van der Waals surface area contributed by atoms with E-state index < -0.39 is 11.4 Å². The number of hydrogen-bond acceptors (Lipinski definition) is 3. The molecule has 0 spiro atoms. The molecule has 0 amide bonds. The monoisotopic (exact) mass is 322 g/mol. The molecule has 3 heteroatoms. The van der Waals surface area contributed by atoms with Crippen LogP contribution in [0.25, 0.3) is 11.1 Å². The van der Waals surface area contributed by atoms with Crippen LogP contribution < -0.4 is 0 Å². The van der Waals surface area contributed by atoms with E-state index in [2.05, 4.69) is 12.1 Å². The van der Waals surface area contributed by atoms with Gasteiger partial charge in [0.1, 0.15) is 5.41 Å². The van der Waals surface area contributed by atoms with E-state index in [4.69, 9.17) is 4.74 Å². The van der Waals surface area contributed by atoms with Crippen LogP contribution in [0.3, 0.4) is 0 Å². The van der Waals surface area contributed by atoms with Crippen LogP contribution in [0, 0.1) is 11.3 Å². The maximum Gasteiger partial charge on any atom is 0.319 e. The number of methoxy groups -OCH3 is 1. The molecule has 2 aromatic rings. The van der Waals surface area contributed by atoms with Gasteiger partial charge in [-0.15, -0.1) is 0 Å². The van der Waals surface area contributed by atoms with Crippen molar-refractivity contribution in [2.24, 2.45) is 11.3 Å². The molecule has 1 saturated carbocycles. The van der Waals surface area contributed by atoms with Gasteiger partial charge in [0.05, 0.1) is 7.11 Å². The average molecular weight is 322 g/mol. The lowest BCUT2D eigenvalue weighted by molar-refractivity contribution is -0.157. The van der Waals surface area contributed by atoms with Gasteiger partial charge in [-0.3, -0.25) is 9.59 Å². The normalized spacial score (nSPS) is 23.2. The molecule has 0 radical (unpaired) electrons. The first-order valence-corrected chi connectivity index (χ1v) is 8.34. The summed E-state index contributed by atoms with van der Waals surface area (Å²) in [5.74, 6) is -0.460. The van der Waals surface area contributed by atoms with Crippen LogP contribution in [0.1, 0.15) is 25.3 Å². The summed E-state index contributed by atoms with van der Waals surface area (Å²) in [6.45, 7) is 1.89. The molecule has 24 heavy (non-hydrogen) atoms. The summed E-state index contributed by atoms with van der Waals surface area (Å²) in [5, 5.41) is 0. The zero-order valence-corrected chi connectivity index (χ0v) is 14.1. The first-order chi connectivity index (χ1) is 11.6. The van der Waals surface area contributed by atoms with Crippen molar-refractivity contribution in [2.45, 2.75) is 26.2 Å². The number of ether oxygens (including phenoxy) is 1. The fourth-order valence-electron chi connectivity index (χ4n) is 3.63. The Bertz CT molecular complexity index is 733. The Kier molecular flexibility index (Phi) is 4.52. The number of rotatable bonds is 4. The fraction of sp³-hybridized carbons (Fsp3) is 0.333. The van der Waals surface area contributed by atoms with Crippen LogP contribution in [-0.4, -0.2) is 18.9 Å². The molecule has 124 valence electrons. The first-order valence-electron chi connectivity index (χ1n) is 8.34. The van der Waals surface area contributed by atoms with Gasteiger partial charge in [0.15, 0.2) is 5.78 Å². The Morgan fingerprint density at radius 2 is 1.71 bits per heavy atom. The van der Waals surface area contributed by atoms with Gasteiger partial charge in [0.25, 0.3) is 0 Å². The predicted molar refractivity (Wildman–Crippen MR) is 93.4 cm³/mol. The van der Waals surface area contributed by atoms with Crippen molar-refractivity contribution in [2.75, 3.05) is 7.11 Å². The molecule has 0 bridgehead atoms. The van der Waals surface area contributed by atoms with Crippen LogP contribution in [-0.2, 0) is 20.7 Å². The Morgan fingerprint density at radius 1 is 1.08 bits per heavy atom. The SMILES string of the molecule is COC(=O)C1(Cc2ccc(-c3ccccc3)cc2)CCC(C)C1=O. The summed E-state index contributed by atoms with van der Waals surface area (Å²) in [5.41, 5.74) is 2.25. The Hall–Kier alpha value is -2.42. The molecule has 1 aliphatic rings. The summed E-state index contributed by atoms with van der Waals surface area (Å²) in [6, 6.07) is 18.2. The molecule has 2 unspecified atom stereocenters. The number of Topliss-reactive ketones (excluding diaryl/α,β-unsaturated/α-hetero) is 1.